The molecule has 1 heterocycles. The molecule has 1 unspecified atom stereocenters. The zero-order valence-corrected chi connectivity index (χ0v) is 13.2. The molecule has 0 spiro atoms. The van der Waals surface area contributed by atoms with E-state index >= 15 is 0 Å². The van der Waals surface area contributed by atoms with Crippen LogP contribution in [0, 0.1) is 0 Å². The summed E-state index contributed by atoms with van der Waals surface area (Å²) in [6.45, 7) is 2.40. The molecule has 0 fully saturated rings. The maximum Gasteiger partial charge on any atom is 0.174 e. The van der Waals surface area contributed by atoms with Crippen molar-refractivity contribution in [2.24, 2.45) is 5.73 Å². The Morgan fingerprint density at radius 1 is 1.32 bits per heavy atom. The van der Waals surface area contributed by atoms with E-state index < -0.39 is 6.04 Å². The van der Waals surface area contributed by atoms with Crippen LogP contribution in [0.5, 0.6) is 5.75 Å². The number of ether oxygens (including phenoxy) is 1. The highest BCUT2D eigenvalue weighted by atomic mass is 79.9. The van der Waals surface area contributed by atoms with E-state index in [1.165, 1.54) is 0 Å². The summed E-state index contributed by atoms with van der Waals surface area (Å²) in [5.41, 5.74) is 7.71. The fourth-order valence-corrected chi connectivity index (χ4v) is 2.73. The smallest absolute Gasteiger partial charge is 0.174 e. The number of hydrogen-bond donors (Lipinski definition) is 1. The molecular formula is C13H12BrCl2NO2. The van der Waals surface area contributed by atoms with Gasteiger partial charge in [-0.05, 0) is 40.5 Å². The highest BCUT2D eigenvalue weighted by Gasteiger charge is 2.19. The third-order valence-corrected chi connectivity index (χ3v) is 3.93. The SMILES string of the molecule is CCOc1cc(Cl)c(C(N)c2ccoc2Br)cc1Cl. The van der Waals surface area contributed by atoms with E-state index in [2.05, 4.69) is 15.9 Å². The highest BCUT2D eigenvalue weighted by Crippen LogP contribution is 2.37. The van der Waals surface area contributed by atoms with E-state index in [1.807, 2.05) is 6.92 Å². The molecule has 3 nitrogen and oxygen atoms in total. The summed E-state index contributed by atoms with van der Waals surface area (Å²) in [5, 5.41) is 0.991. The zero-order chi connectivity index (χ0) is 14.0. The van der Waals surface area contributed by atoms with Gasteiger partial charge >= 0.3 is 0 Å². The van der Waals surface area contributed by atoms with Crippen LogP contribution in [0.15, 0.2) is 33.5 Å². The van der Waals surface area contributed by atoms with E-state index in [4.69, 9.17) is 38.1 Å². The first-order valence-electron chi connectivity index (χ1n) is 5.64. The summed E-state index contributed by atoms with van der Waals surface area (Å²) in [6.07, 6.45) is 1.56. The molecule has 0 saturated heterocycles. The lowest BCUT2D eigenvalue weighted by molar-refractivity contribution is 0.340. The molecule has 2 N–H and O–H groups in total. The third kappa shape index (κ3) is 3.08. The van der Waals surface area contributed by atoms with Gasteiger partial charge < -0.3 is 14.9 Å². The molecule has 2 rings (SSSR count). The minimum Gasteiger partial charge on any atom is -0.492 e. The van der Waals surface area contributed by atoms with E-state index in [9.17, 15) is 0 Å². The number of halogens is 3. The molecule has 0 amide bonds. The van der Waals surface area contributed by atoms with Crippen LogP contribution in [0.1, 0.15) is 24.1 Å². The number of hydrogen-bond acceptors (Lipinski definition) is 3. The van der Waals surface area contributed by atoms with Crippen LogP contribution in [-0.2, 0) is 0 Å². The molecule has 2 aromatic rings. The molecule has 6 heteroatoms. The van der Waals surface area contributed by atoms with Gasteiger partial charge in [0.15, 0.2) is 4.67 Å². The summed E-state index contributed by atoms with van der Waals surface area (Å²) >= 11 is 15.7. The molecule has 0 saturated carbocycles. The third-order valence-electron chi connectivity index (χ3n) is 2.67. The molecule has 102 valence electrons. The predicted molar refractivity (Wildman–Crippen MR) is 80.1 cm³/mol. The van der Waals surface area contributed by atoms with Crippen LogP contribution >= 0.6 is 39.1 Å². The fourth-order valence-electron chi connectivity index (χ4n) is 1.74. The average Bonchev–Trinajstić information content (AvgIpc) is 2.79. The van der Waals surface area contributed by atoms with Crippen molar-refractivity contribution in [3.05, 3.63) is 50.3 Å². The van der Waals surface area contributed by atoms with Crippen molar-refractivity contribution < 1.29 is 9.15 Å². The van der Waals surface area contributed by atoms with Gasteiger partial charge in [-0.3, -0.25) is 0 Å². The van der Waals surface area contributed by atoms with Crippen LogP contribution in [0.4, 0.5) is 0 Å². The number of rotatable bonds is 4. The Balaban J connectivity index is 2.40. The molecule has 1 aromatic heterocycles. The summed E-state index contributed by atoms with van der Waals surface area (Å²) in [6, 6.07) is 4.76. The monoisotopic (exact) mass is 363 g/mol. The second kappa shape index (κ2) is 6.18. The molecular weight excluding hydrogens is 353 g/mol. The average molecular weight is 365 g/mol. The maximum atomic E-state index is 6.24. The van der Waals surface area contributed by atoms with Crippen molar-refractivity contribution in [2.45, 2.75) is 13.0 Å². The summed E-state index contributed by atoms with van der Waals surface area (Å²) < 4.78 is 11.1. The van der Waals surface area contributed by atoms with Crippen molar-refractivity contribution >= 4 is 39.1 Å². The Kier molecular flexibility index (Phi) is 4.79. The van der Waals surface area contributed by atoms with Gasteiger partial charge in [-0.2, -0.15) is 0 Å². The van der Waals surface area contributed by atoms with Crippen LogP contribution in [0.3, 0.4) is 0 Å². The zero-order valence-electron chi connectivity index (χ0n) is 10.1. The van der Waals surface area contributed by atoms with Crippen LogP contribution in [0.2, 0.25) is 10.0 Å². The van der Waals surface area contributed by atoms with Gasteiger partial charge in [0, 0.05) is 16.7 Å². The van der Waals surface area contributed by atoms with E-state index in [-0.39, 0.29) is 0 Å². The molecule has 0 radical (unpaired) electrons. The largest absolute Gasteiger partial charge is 0.492 e. The van der Waals surface area contributed by atoms with Gasteiger partial charge in [-0.1, -0.05) is 23.2 Å². The quantitative estimate of drug-likeness (QED) is 0.847. The molecule has 0 aliphatic heterocycles. The van der Waals surface area contributed by atoms with E-state index in [1.54, 1.807) is 24.5 Å². The predicted octanol–water partition coefficient (Wildman–Crippen LogP) is 4.80. The molecule has 0 bridgehead atoms. The Morgan fingerprint density at radius 3 is 2.63 bits per heavy atom. The topological polar surface area (TPSA) is 48.4 Å². The summed E-state index contributed by atoms with van der Waals surface area (Å²) in [4.78, 5) is 0. The second-order valence-corrected chi connectivity index (χ2v) is 5.40. The Morgan fingerprint density at radius 2 is 2.05 bits per heavy atom. The van der Waals surface area contributed by atoms with Crippen LogP contribution in [-0.4, -0.2) is 6.61 Å². The van der Waals surface area contributed by atoms with Gasteiger partial charge in [0.2, 0.25) is 0 Å². The molecule has 0 aliphatic carbocycles. The fraction of sp³-hybridized carbons (Fsp3) is 0.231. The van der Waals surface area contributed by atoms with Gasteiger partial charge in [-0.15, -0.1) is 0 Å². The number of nitrogens with two attached hydrogens (primary N) is 1. The first kappa shape index (κ1) is 14.7. The van der Waals surface area contributed by atoms with Gasteiger partial charge in [-0.25, -0.2) is 0 Å². The highest BCUT2D eigenvalue weighted by molar-refractivity contribution is 9.10. The minimum absolute atomic E-state index is 0.422. The first-order valence-corrected chi connectivity index (χ1v) is 7.19. The Labute approximate surface area is 129 Å². The minimum atomic E-state index is -0.422. The summed E-state index contributed by atoms with van der Waals surface area (Å²) in [5.74, 6) is 0.552. The first-order chi connectivity index (χ1) is 9.04. The standard InChI is InChI=1S/C13H12BrCl2NO2/c1-2-18-11-6-9(15)8(5-10(11)16)12(17)7-3-4-19-13(7)14/h3-6,12H,2,17H2,1H3. The second-order valence-electron chi connectivity index (χ2n) is 3.86. The van der Waals surface area contributed by atoms with E-state index in [0.29, 0.717) is 27.1 Å². The maximum absolute atomic E-state index is 6.24. The Hall–Kier alpha value is -0.680. The summed E-state index contributed by atoms with van der Waals surface area (Å²) in [7, 11) is 0. The van der Waals surface area contributed by atoms with Crippen molar-refractivity contribution in [3.8, 4) is 5.75 Å². The molecule has 0 aliphatic rings. The van der Waals surface area contributed by atoms with E-state index in [0.717, 1.165) is 11.1 Å². The number of furan rings is 1. The molecule has 19 heavy (non-hydrogen) atoms. The van der Waals surface area contributed by atoms with Crippen molar-refractivity contribution in [2.75, 3.05) is 6.61 Å². The lowest BCUT2D eigenvalue weighted by Gasteiger charge is -2.15. The van der Waals surface area contributed by atoms with Gasteiger partial charge in [0.1, 0.15) is 5.75 Å². The lowest BCUT2D eigenvalue weighted by Crippen LogP contribution is -2.12. The van der Waals surface area contributed by atoms with Crippen molar-refractivity contribution in [1.29, 1.82) is 0 Å². The van der Waals surface area contributed by atoms with Crippen molar-refractivity contribution in [1.82, 2.24) is 0 Å². The van der Waals surface area contributed by atoms with Crippen LogP contribution in [0.25, 0.3) is 0 Å². The lowest BCUT2D eigenvalue weighted by atomic mass is 10.0. The molecule has 1 aromatic carbocycles. The van der Waals surface area contributed by atoms with Crippen molar-refractivity contribution in [3.63, 3.8) is 0 Å². The normalized spacial score (nSPS) is 12.5. The van der Waals surface area contributed by atoms with Crippen LogP contribution < -0.4 is 10.5 Å². The van der Waals surface area contributed by atoms with Gasteiger partial charge in [0.25, 0.3) is 0 Å². The molecule has 1 atom stereocenters. The Bertz CT molecular complexity index is 586. The van der Waals surface area contributed by atoms with Gasteiger partial charge in [0.05, 0.1) is 23.9 Å². The number of benzene rings is 1.